The van der Waals surface area contributed by atoms with Gasteiger partial charge in [-0.1, -0.05) is 42.5 Å². The van der Waals surface area contributed by atoms with Crippen molar-refractivity contribution in [2.24, 2.45) is 0 Å². The van der Waals surface area contributed by atoms with Gasteiger partial charge in [0.1, 0.15) is 5.75 Å². The van der Waals surface area contributed by atoms with Gasteiger partial charge in [-0.3, -0.25) is 14.4 Å². The van der Waals surface area contributed by atoms with Crippen molar-refractivity contribution in [3.63, 3.8) is 0 Å². The summed E-state index contributed by atoms with van der Waals surface area (Å²) in [5.74, 6) is -0.881. The van der Waals surface area contributed by atoms with Crippen molar-refractivity contribution in [1.29, 1.82) is 0 Å². The molecule has 0 fully saturated rings. The van der Waals surface area contributed by atoms with E-state index in [1.54, 1.807) is 67.8 Å². The van der Waals surface area contributed by atoms with Crippen molar-refractivity contribution in [3.05, 3.63) is 96.1 Å². The van der Waals surface area contributed by atoms with Crippen LogP contribution in [0.5, 0.6) is 5.75 Å². The number of benzene rings is 3. The standard InChI is InChI=1S/C24H20N2O4/c1-30-21-14-7-17(8-15-21)9-16-22(27)25-19-10-12-20(13-11-19)26-24(29)23(28)18-5-3-2-4-6-18/h2-16H,1H3,(H,25,27)(H,26,29). The number of methoxy groups -OCH3 is 1. The molecule has 0 saturated heterocycles. The highest BCUT2D eigenvalue weighted by Gasteiger charge is 2.15. The van der Waals surface area contributed by atoms with Crippen molar-refractivity contribution in [2.75, 3.05) is 17.7 Å². The van der Waals surface area contributed by atoms with E-state index < -0.39 is 11.7 Å². The Morgan fingerprint density at radius 3 is 1.97 bits per heavy atom. The molecule has 0 atom stereocenters. The van der Waals surface area contributed by atoms with Gasteiger partial charge in [0.25, 0.3) is 11.7 Å². The Balaban J connectivity index is 1.54. The van der Waals surface area contributed by atoms with Gasteiger partial charge in [0.2, 0.25) is 5.91 Å². The molecule has 3 rings (SSSR count). The second-order valence-corrected chi connectivity index (χ2v) is 6.32. The second-order valence-electron chi connectivity index (χ2n) is 6.32. The van der Waals surface area contributed by atoms with Crippen LogP contribution in [0.2, 0.25) is 0 Å². The summed E-state index contributed by atoms with van der Waals surface area (Å²) in [5, 5.41) is 5.29. The Kier molecular flexibility index (Phi) is 6.74. The summed E-state index contributed by atoms with van der Waals surface area (Å²) in [4.78, 5) is 36.3. The molecule has 0 heterocycles. The normalized spacial score (nSPS) is 10.4. The zero-order valence-corrected chi connectivity index (χ0v) is 16.3. The van der Waals surface area contributed by atoms with Gasteiger partial charge in [0.15, 0.2) is 0 Å². The molecular formula is C24H20N2O4. The van der Waals surface area contributed by atoms with E-state index in [0.717, 1.165) is 11.3 Å². The molecule has 3 aromatic rings. The molecule has 0 bridgehead atoms. The summed E-state index contributed by atoms with van der Waals surface area (Å²) in [5.41, 5.74) is 2.21. The Labute approximate surface area is 174 Å². The van der Waals surface area contributed by atoms with Crippen LogP contribution in [-0.2, 0) is 9.59 Å². The number of hydrogen-bond donors (Lipinski definition) is 2. The molecule has 150 valence electrons. The Morgan fingerprint density at radius 1 is 0.767 bits per heavy atom. The van der Waals surface area contributed by atoms with Crippen molar-refractivity contribution < 1.29 is 19.1 Å². The number of hydrogen-bond acceptors (Lipinski definition) is 4. The molecule has 6 heteroatoms. The van der Waals surface area contributed by atoms with E-state index in [9.17, 15) is 14.4 Å². The summed E-state index contributed by atoms with van der Waals surface area (Å²) < 4.78 is 5.09. The third-order valence-electron chi connectivity index (χ3n) is 4.20. The number of rotatable bonds is 7. The predicted molar refractivity (Wildman–Crippen MR) is 117 cm³/mol. The van der Waals surface area contributed by atoms with E-state index in [1.165, 1.54) is 6.08 Å². The lowest BCUT2D eigenvalue weighted by molar-refractivity contribution is -0.112. The van der Waals surface area contributed by atoms with E-state index in [0.29, 0.717) is 16.9 Å². The van der Waals surface area contributed by atoms with Crippen molar-refractivity contribution in [2.45, 2.75) is 0 Å². The molecule has 0 aliphatic heterocycles. The molecule has 6 nitrogen and oxygen atoms in total. The lowest BCUT2D eigenvalue weighted by Gasteiger charge is -2.07. The van der Waals surface area contributed by atoms with Gasteiger partial charge < -0.3 is 15.4 Å². The first-order chi connectivity index (χ1) is 14.5. The van der Waals surface area contributed by atoms with Crippen LogP contribution in [0.4, 0.5) is 11.4 Å². The lowest BCUT2D eigenvalue weighted by atomic mass is 10.1. The van der Waals surface area contributed by atoms with Crippen molar-refractivity contribution in [1.82, 2.24) is 0 Å². The highest BCUT2D eigenvalue weighted by atomic mass is 16.5. The predicted octanol–water partition coefficient (Wildman–Crippen LogP) is 4.17. The summed E-state index contributed by atoms with van der Waals surface area (Å²) in [7, 11) is 1.59. The minimum atomic E-state index is -0.722. The van der Waals surface area contributed by atoms with Crippen LogP contribution < -0.4 is 15.4 Å². The monoisotopic (exact) mass is 400 g/mol. The summed E-state index contributed by atoms with van der Waals surface area (Å²) in [6, 6.07) is 22.1. The smallest absolute Gasteiger partial charge is 0.296 e. The van der Waals surface area contributed by atoms with Gasteiger partial charge in [-0.2, -0.15) is 0 Å². The van der Waals surface area contributed by atoms with E-state index in [-0.39, 0.29) is 5.91 Å². The molecule has 0 aliphatic carbocycles. The zero-order valence-electron chi connectivity index (χ0n) is 16.3. The lowest BCUT2D eigenvalue weighted by Crippen LogP contribution is -2.22. The highest BCUT2D eigenvalue weighted by Crippen LogP contribution is 2.15. The van der Waals surface area contributed by atoms with Gasteiger partial charge in [0.05, 0.1) is 7.11 Å². The SMILES string of the molecule is COc1ccc(C=CC(=O)Nc2ccc(NC(=O)C(=O)c3ccccc3)cc2)cc1. The third-order valence-corrected chi connectivity index (χ3v) is 4.20. The summed E-state index contributed by atoms with van der Waals surface area (Å²) in [6.07, 6.45) is 3.12. The third kappa shape index (κ3) is 5.65. The highest BCUT2D eigenvalue weighted by molar-refractivity contribution is 6.46. The molecule has 0 aliphatic rings. The maximum absolute atomic E-state index is 12.1. The molecule has 0 aromatic heterocycles. The average molecular weight is 400 g/mol. The van der Waals surface area contributed by atoms with Gasteiger partial charge in [0, 0.05) is 23.0 Å². The van der Waals surface area contributed by atoms with Crippen LogP contribution in [0.15, 0.2) is 84.9 Å². The number of amides is 2. The van der Waals surface area contributed by atoms with Crippen LogP contribution in [0.3, 0.4) is 0 Å². The molecule has 0 unspecified atom stereocenters. The molecular weight excluding hydrogens is 380 g/mol. The van der Waals surface area contributed by atoms with Crippen LogP contribution in [0, 0.1) is 0 Å². The number of ether oxygens (including phenoxy) is 1. The number of carbonyl (C=O) groups is 3. The van der Waals surface area contributed by atoms with Crippen LogP contribution in [0.1, 0.15) is 15.9 Å². The molecule has 2 amide bonds. The fourth-order valence-corrected chi connectivity index (χ4v) is 2.62. The Morgan fingerprint density at radius 2 is 1.37 bits per heavy atom. The maximum Gasteiger partial charge on any atom is 0.296 e. The number of Topliss-reactive ketones (excluding diaryl/α,β-unsaturated/α-hetero) is 1. The van der Waals surface area contributed by atoms with E-state index >= 15 is 0 Å². The number of anilines is 2. The molecule has 30 heavy (non-hydrogen) atoms. The fourth-order valence-electron chi connectivity index (χ4n) is 2.62. The molecule has 2 N–H and O–H groups in total. The van der Waals surface area contributed by atoms with Crippen LogP contribution in [0.25, 0.3) is 6.08 Å². The van der Waals surface area contributed by atoms with E-state index in [1.807, 2.05) is 24.3 Å². The molecule has 3 aromatic carbocycles. The van der Waals surface area contributed by atoms with E-state index in [2.05, 4.69) is 10.6 Å². The van der Waals surface area contributed by atoms with E-state index in [4.69, 9.17) is 4.74 Å². The topological polar surface area (TPSA) is 84.5 Å². The number of nitrogens with one attached hydrogen (secondary N) is 2. The Bertz CT molecular complexity index is 1060. The van der Waals surface area contributed by atoms with Crippen molar-refractivity contribution >= 4 is 35.0 Å². The van der Waals surface area contributed by atoms with Gasteiger partial charge in [-0.15, -0.1) is 0 Å². The quantitative estimate of drug-likeness (QED) is 0.354. The summed E-state index contributed by atoms with van der Waals surface area (Å²) in [6.45, 7) is 0. The fraction of sp³-hybridized carbons (Fsp3) is 0.0417. The largest absolute Gasteiger partial charge is 0.497 e. The van der Waals surface area contributed by atoms with Gasteiger partial charge in [-0.25, -0.2) is 0 Å². The van der Waals surface area contributed by atoms with Crippen LogP contribution in [-0.4, -0.2) is 24.7 Å². The molecule has 0 spiro atoms. The second kappa shape index (κ2) is 9.84. The number of carbonyl (C=O) groups excluding carboxylic acids is 3. The molecule has 0 radical (unpaired) electrons. The number of ketones is 1. The zero-order chi connectivity index (χ0) is 21.3. The average Bonchev–Trinajstić information content (AvgIpc) is 2.79. The van der Waals surface area contributed by atoms with Gasteiger partial charge in [-0.05, 0) is 48.0 Å². The first kappa shape index (κ1) is 20.5. The van der Waals surface area contributed by atoms with Crippen LogP contribution >= 0.6 is 0 Å². The minimum absolute atomic E-state index is 0.290. The maximum atomic E-state index is 12.1. The minimum Gasteiger partial charge on any atom is -0.497 e. The van der Waals surface area contributed by atoms with Gasteiger partial charge >= 0.3 is 0 Å². The summed E-state index contributed by atoms with van der Waals surface area (Å²) >= 11 is 0. The first-order valence-corrected chi connectivity index (χ1v) is 9.19. The van der Waals surface area contributed by atoms with Crippen molar-refractivity contribution in [3.8, 4) is 5.75 Å². The molecule has 0 saturated carbocycles. The first-order valence-electron chi connectivity index (χ1n) is 9.19. The Hall–Kier alpha value is -4.19.